The van der Waals surface area contributed by atoms with Crippen molar-refractivity contribution in [2.45, 2.75) is 71.6 Å². The van der Waals surface area contributed by atoms with Crippen LogP contribution in [0.2, 0.25) is 0 Å². The van der Waals surface area contributed by atoms with Gasteiger partial charge in [-0.2, -0.15) is 0 Å². The first-order valence-electron chi connectivity index (χ1n) is 9.25. The van der Waals surface area contributed by atoms with Crippen molar-refractivity contribution in [3.05, 3.63) is 0 Å². The molecule has 0 aromatic heterocycles. The summed E-state index contributed by atoms with van der Waals surface area (Å²) in [6, 6.07) is 0. The van der Waals surface area contributed by atoms with Crippen LogP contribution < -0.4 is 0 Å². The van der Waals surface area contributed by atoms with Gasteiger partial charge in [-0.05, 0) is 61.7 Å². The third kappa shape index (κ3) is 1.74. The minimum Gasteiger partial charge on any atom is -0.411 e. The Morgan fingerprint density at radius 2 is 1.91 bits per heavy atom. The maximum atomic E-state index is 12.5. The zero-order valence-electron chi connectivity index (χ0n) is 14.0. The van der Waals surface area contributed by atoms with Crippen LogP contribution in [0.4, 0.5) is 0 Å². The molecule has 0 aliphatic heterocycles. The number of hydrogen-bond donors (Lipinski definition) is 1. The highest BCUT2D eigenvalue weighted by atomic mass is 16.4. The van der Waals surface area contributed by atoms with Crippen LogP contribution in [0.5, 0.6) is 0 Å². The zero-order valence-corrected chi connectivity index (χ0v) is 14.0. The summed E-state index contributed by atoms with van der Waals surface area (Å²) >= 11 is 0. The van der Waals surface area contributed by atoms with Crippen LogP contribution in [0, 0.1) is 34.5 Å². The Labute approximate surface area is 133 Å². The Balaban J connectivity index is 1.72. The van der Waals surface area contributed by atoms with Crippen LogP contribution in [0.15, 0.2) is 5.16 Å². The fourth-order valence-corrected chi connectivity index (χ4v) is 7.00. The molecule has 22 heavy (non-hydrogen) atoms. The van der Waals surface area contributed by atoms with Crippen molar-refractivity contribution in [3.8, 4) is 0 Å². The highest BCUT2D eigenvalue weighted by Crippen LogP contribution is 2.64. The van der Waals surface area contributed by atoms with Crippen molar-refractivity contribution >= 4 is 11.5 Å². The number of rotatable bonds is 0. The summed E-state index contributed by atoms with van der Waals surface area (Å²) in [5, 5.41) is 13.0. The monoisotopic (exact) mass is 303 g/mol. The van der Waals surface area contributed by atoms with Crippen LogP contribution in [0.25, 0.3) is 0 Å². The lowest BCUT2D eigenvalue weighted by Gasteiger charge is -2.59. The van der Waals surface area contributed by atoms with Crippen LogP contribution >= 0.6 is 0 Å². The fourth-order valence-electron chi connectivity index (χ4n) is 7.00. The van der Waals surface area contributed by atoms with Gasteiger partial charge in [0.2, 0.25) is 0 Å². The molecule has 0 aromatic rings. The highest BCUT2D eigenvalue weighted by molar-refractivity contribution is 6.13. The molecule has 4 rings (SSSR count). The lowest BCUT2D eigenvalue weighted by Crippen LogP contribution is -2.53. The molecule has 0 unspecified atom stereocenters. The number of hydrogen-bond acceptors (Lipinski definition) is 3. The first-order valence-corrected chi connectivity index (χ1v) is 9.25. The quantitative estimate of drug-likeness (QED) is 0.531. The van der Waals surface area contributed by atoms with Crippen LogP contribution in [-0.4, -0.2) is 16.7 Å². The minimum atomic E-state index is -0.249. The molecule has 6 atom stereocenters. The van der Waals surface area contributed by atoms with E-state index in [-0.39, 0.29) is 11.3 Å². The van der Waals surface area contributed by atoms with E-state index in [9.17, 15) is 10.0 Å². The van der Waals surface area contributed by atoms with Gasteiger partial charge in [-0.1, -0.05) is 31.8 Å². The first-order chi connectivity index (χ1) is 10.5. The normalized spacial score (nSPS) is 53.0. The van der Waals surface area contributed by atoms with Crippen molar-refractivity contribution in [2.24, 2.45) is 39.7 Å². The number of nitrogens with zero attached hydrogens (tertiary/aromatic N) is 1. The molecule has 4 fully saturated rings. The molecule has 0 spiro atoms. The van der Waals surface area contributed by atoms with E-state index in [1.165, 1.54) is 44.9 Å². The van der Waals surface area contributed by atoms with Gasteiger partial charge in [-0.25, -0.2) is 0 Å². The molecule has 1 N–H and O–H groups in total. The van der Waals surface area contributed by atoms with E-state index in [1.54, 1.807) is 0 Å². The lowest BCUT2D eigenvalue weighted by molar-refractivity contribution is -0.136. The minimum absolute atomic E-state index is 0.212. The molecular formula is C19H29NO2. The maximum Gasteiger partial charge on any atom is 0.145 e. The van der Waals surface area contributed by atoms with Gasteiger partial charge < -0.3 is 5.21 Å². The number of carbonyl (C=O) groups excluding carboxylic acids is 1. The summed E-state index contributed by atoms with van der Waals surface area (Å²) in [6.07, 6.45) is 10.7. The molecular weight excluding hydrogens is 274 g/mol. The van der Waals surface area contributed by atoms with Crippen molar-refractivity contribution < 1.29 is 10.0 Å². The third-order valence-electron chi connectivity index (χ3n) is 8.22. The summed E-state index contributed by atoms with van der Waals surface area (Å²) in [5.41, 5.74) is 1.01. The molecule has 0 heterocycles. The molecule has 3 nitrogen and oxygen atoms in total. The average molecular weight is 303 g/mol. The second kappa shape index (κ2) is 4.82. The molecule has 0 saturated heterocycles. The molecule has 0 bridgehead atoms. The largest absolute Gasteiger partial charge is 0.411 e. The topological polar surface area (TPSA) is 49.7 Å². The molecule has 4 aliphatic carbocycles. The van der Waals surface area contributed by atoms with Gasteiger partial charge >= 0.3 is 0 Å². The van der Waals surface area contributed by atoms with Gasteiger partial charge in [0.25, 0.3) is 0 Å². The van der Waals surface area contributed by atoms with Gasteiger partial charge in [-0.3, -0.25) is 4.79 Å². The number of fused-ring (bicyclic) bond motifs is 5. The van der Waals surface area contributed by atoms with Crippen molar-refractivity contribution in [1.82, 2.24) is 0 Å². The summed E-state index contributed by atoms with van der Waals surface area (Å²) in [7, 11) is 0. The Morgan fingerprint density at radius 3 is 2.68 bits per heavy atom. The Kier molecular flexibility index (Phi) is 3.22. The van der Waals surface area contributed by atoms with E-state index in [0.717, 1.165) is 24.0 Å². The van der Waals surface area contributed by atoms with Gasteiger partial charge in [-0.15, -0.1) is 0 Å². The van der Waals surface area contributed by atoms with Crippen molar-refractivity contribution in [2.75, 3.05) is 0 Å². The zero-order chi connectivity index (χ0) is 15.5. The number of ketones is 1. The molecule has 0 radical (unpaired) electrons. The van der Waals surface area contributed by atoms with Crippen LogP contribution in [0.3, 0.4) is 0 Å². The van der Waals surface area contributed by atoms with Crippen molar-refractivity contribution in [3.63, 3.8) is 0 Å². The first kappa shape index (κ1) is 14.7. The van der Waals surface area contributed by atoms with Crippen molar-refractivity contribution in [1.29, 1.82) is 0 Å². The fraction of sp³-hybridized carbons (Fsp3) is 0.895. The smallest absolute Gasteiger partial charge is 0.145 e. The number of Topliss-reactive ketones (excluding diaryl/α,β-unsaturated/α-hetero) is 1. The molecule has 122 valence electrons. The van der Waals surface area contributed by atoms with Gasteiger partial charge in [0, 0.05) is 17.8 Å². The summed E-state index contributed by atoms with van der Waals surface area (Å²) in [5.74, 6) is 2.71. The van der Waals surface area contributed by atoms with E-state index in [1.807, 2.05) is 0 Å². The summed E-state index contributed by atoms with van der Waals surface area (Å²) < 4.78 is 0. The Bertz CT molecular complexity index is 528. The lowest BCUT2D eigenvalue weighted by atomic mass is 9.45. The molecule has 3 heteroatoms. The van der Waals surface area contributed by atoms with Crippen LogP contribution in [0.1, 0.15) is 71.6 Å². The molecule has 4 saturated carbocycles. The predicted octanol–water partition coefficient (Wildman–Crippen LogP) is 4.43. The van der Waals surface area contributed by atoms with E-state index in [2.05, 4.69) is 19.0 Å². The van der Waals surface area contributed by atoms with E-state index in [0.29, 0.717) is 23.5 Å². The second-order valence-electron chi connectivity index (χ2n) is 8.92. The van der Waals surface area contributed by atoms with Crippen LogP contribution in [-0.2, 0) is 4.79 Å². The second-order valence-corrected chi connectivity index (χ2v) is 8.92. The molecule has 0 amide bonds. The molecule has 0 aromatic carbocycles. The number of oxime groups is 1. The Hall–Kier alpha value is -0.860. The average Bonchev–Trinajstić information content (AvgIpc) is 2.78. The molecule has 4 aliphatic rings. The van der Waals surface area contributed by atoms with Gasteiger partial charge in [0.05, 0.1) is 5.71 Å². The van der Waals surface area contributed by atoms with Gasteiger partial charge in [0.15, 0.2) is 0 Å². The third-order valence-corrected chi connectivity index (χ3v) is 8.22. The van der Waals surface area contributed by atoms with E-state index >= 15 is 0 Å². The van der Waals surface area contributed by atoms with E-state index < -0.39 is 0 Å². The summed E-state index contributed by atoms with van der Waals surface area (Å²) in [4.78, 5) is 12.5. The SMILES string of the molecule is C[C@]12CCCC[C@@H]1CC[C@@H]1[C@@H]2CC[C@]2(C)C(=O)CC(=NO)[C@@H]12. The maximum absolute atomic E-state index is 12.5. The predicted molar refractivity (Wildman–Crippen MR) is 86.0 cm³/mol. The Morgan fingerprint density at radius 1 is 1.09 bits per heavy atom. The summed E-state index contributed by atoms with van der Waals surface area (Å²) in [6.45, 7) is 4.67. The van der Waals surface area contributed by atoms with Gasteiger partial charge in [0.1, 0.15) is 5.78 Å². The highest BCUT2D eigenvalue weighted by Gasteiger charge is 2.61. The number of carbonyl (C=O) groups is 1. The standard InChI is InChI=1S/C19H29NO2/c1-18-9-4-3-5-12(18)6-7-13-14(18)8-10-19(2)16(21)11-15(20-22)17(13)19/h12-14,17,22H,3-11H2,1-2H3/t12-,13-,14+,17-,18+,19-/m1/s1. The van der Waals surface area contributed by atoms with E-state index in [4.69, 9.17) is 0 Å².